The lowest BCUT2D eigenvalue weighted by atomic mass is 10.1. The first-order chi connectivity index (χ1) is 10.3. The molecule has 2 rings (SSSR count). The molecule has 0 aliphatic carbocycles. The van der Waals surface area contributed by atoms with E-state index >= 15 is 0 Å². The number of nitrogens with one attached hydrogen (secondary N) is 1. The van der Waals surface area contributed by atoms with Crippen molar-refractivity contribution in [1.29, 1.82) is 0 Å². The highest BCUT2D eigenvalue weighted by atomic mass is 19.1. The van der Waals surface area contributed by atoms with Gasteiger partial charge < -0.3 is 5.32 Å². The Kier molecular flexibility index (Phi) is 6.44. The van der Waals surface area contributed by atoms with E-state index in [0.717, 1.165) is 13.0 Å². The van der Waals surface area contributed by atoms with E-state index in [4.69, 9.17) is 0 Å². The molecular weight excluding hydrogens is 267 g/mol. The van der Waals surface area contributed by atoms with Crippen molar-refractivity contribution in [2.45, 2.75) is 58.3 Å². The Morgan fingerprint density at radius 2 is 1.76 bits per heavy atom. The number of nitrogens with zero attached hydrogens (tertiary/aromatic N) is 3. The maximum Gasteiger partial charge on any atom is 0.243 e. The molecule has 0 aliphatic heterocycles. The standard InChI is InChI=1S/C16H25FN4/c1-2-3-4-5-6-7-8-9-12-18-16-19-15-11-10-14(17)13-21(15)20-16/h10-11,13H,2-9,12H2,1H3,(H,18,20). The molecule has 0 aromatic carbocycles. The number of anilines is 1. The van der Waals surface area contributed by atoms with Gasteiger partial charge in [0.15, 0.2) is 5.65 Å². The van der Waals surface area contributed by atoms with Gasteiger partial charge >= 0.3 is 0 Å². The van der Waals surface area contributed by atoms with E-state index < -0.39 is 0 Å². The van der Waals surface area contributed by atoms with Gasteiger partial charge in [-0.3, -0.25) is 0 Å². The average molecular weight is 292 g/mol. The van der Waals surface area contributed by atoms with Crippen molar-refractivity contribution in [3.8, 4) is 0 Å². The number of hydrogen-bond donors (Lipinski definition) is 1. The summed E-state index contributed by atoms with van der Waals surface area (Å²) in [6.45, 7) is 3.11. The molecule has 5 heteroatoms. The monoisotopic (exact) mass is 292 g/mol. The summed E-state index contributed by atoms with van der Waals surface area (Å²) in [6, 6.07) is 3.02. The normalized spacial score (nSPS) is 11.1. The second kappa shape index (κ2) is 8.60. The highest BCUT2D eigenvalue weighted by Crippen LogP contribution is 2.09. The van der Waals surface area contributed by atoms with Crippen LogP contribution in [0.5, 0.6) is 0 Å². The third kappa shape index (κ3) is 5.33. The van der Waals surface area contributed by atoms with Gasteiger partial charge in [0.2, 0.25) is 5.95 Å². The number of hydrogen-bond acceptors (Lipinski definition) is 3. The lowest BCUT2D eigenvalue weighted by molar-refractivity contribution is 0.580. The van der Waals surface area contributed by atoms with Crippen molar-refractivity contribution in [2.24, 2.45) is 0 Å². The van der Waals surface area contributed by atoms with Gasteiger partial charge in [0, 0.05) is 6.54 Å². The molecule has 0 aliphatic rings. The highest BCUT2D eigenvalue weighted by molar-refractivity contribution is 5.42. The van der Waals surface area contributed by atoms with Crippen LogP contribution in [0.4, 0.5) is 10.3 Å². The van der Waals surface area contributed by atoms with Crippen LogP contribution >= 0.6 is 0 Å². The number of pyridine rings is 1. The van der Waals surface area contributed by atoms with Crippen molar-refractivity contribution in [3.63, 3.8) is 0 Å². The van der Waals surface area contributed by atoms with Crippen LogP contribution in [-0.4, -0.2) is 21.1 Å². The largest absolute Gasteiger partial charge is 0.353 e. The molecule has 0 radical (unpaired) electrons. The minimum atomic E-state index is -0.304. The minimum Gasteiger partial charge on any atom is -0.353 e. The molecule has 116 valence electrons. The predicted octanol–water partition coefficient (Wildman–Crippen LogP) is 4.42. The summed E-state index contributed by atoms with van der Waals surface area (Å²) < 4.78 is 14.5. The molecular formula is C16H25FN4. The van der Waals surface area contributed by atoms with Crippen molar-refractivity contribution in [1.82, 2.24) is 14.6 Å². The second-order valence-corrected chi connectivity index (χ2v) is 5.49. The molecule has 0 spiro atoms. The van der Waals surface area contributed by atoms with Gasteiger partial charge in [0.1, 0.15) is 5.82 Å². The fraction of sp³-hybridized carbons (Fsp3) is 0.625. The van der Waals surface area contributed by atoms with E-state index in [-0.39, 0.29) is 5.82 Å². The SMILES string of the molecule is CCCCCCCCCCNc1nc2ccc(F)cn2n1. The number of rotatable bonds is 10. The van der Waals surface area contributed by atoms with Gasteiger partial charge in [0.25, 0.3) is 0 Å². The molecule has 2 heterocycles. The Balaban J connectivity index is 1.59. The van der Waals surface area contributed by atoms with Crippen LogP contribution in [0.2, 0.25) is 0 Å². The average Bonchev–Trinajstić information content (AvgIpc) is 2.87. The summed E-state index contributed by atoms with van der Waals surface area (Å²) >= 11 is 0. The first kappa shape index (κ1) is 15.7. The van der Waals surface area contributed by atoms with E-state index in [2.05, 4.69) is 22.3 Å². The maximum atomic E-state index is 13.0. The van der Waals surface area contributed by atoms with Crippen LogP contribution in [0, 0.1) is 5.82 Å². The van der Waals surface area contributed by atoms with E-state index in [1.54, 1.807) is 6.07 Å². The van der Waals surface area contributed by atoms with Crippen molar-refractivity contribution in [2.75, 3.05) is 11.9 Å². The molecule has 0 bridgehead atoms. The molecule has 0 saturated heterocycles. The molecule has 21 heavy (non-hydrogen) atoms. The molecule has 2 aromatic rings. The Hall–Kier alpha value is -1.65. The molecule has 1 N–H and O–H groups in total. The number of unbranched alkanes of at least 4 members (excludes halogenated alkanes) is 7. The Morgan fingerprint density at radius 1 is 1.05 bits per heavy atom. The van der Waals surface area contributed by atoms with Gasteiger partial charge in [-0.1, -0.05) is 51.9 Å². The van der Waals surface area contributed by atoms with Crippen molar-refractivity contribution in [3.05, 3.63) is 24.1 Å². The first-order valence-electron chi connectivity index (χ1n) is 8.05. The maximum absolute atomic E-state index is 13.0. The Morgan fingerprint density at radius 3 is 2.52 bits per heavy atom. The molecule has 0 unspecified atom stereocenters. The van der Waals surface area contributed by atoms with Crippen molar-refractivity contribution >= 4 is 11.6 Å². The van der Waals surface area contributed by atoms with E-state index in [1.165, 1.54) is 61.7 Å². The molecule has 0 atom stereocenters. The van der Waals surface area contributed by atoms with E-state index in [1.807, 2.05) is 0 Å². The summed E-state index contributed by atoms with van der Waals surface area (Å²) in [5.41, 5.74) is 0.662. The van der Waals surface area contributed by atoms with Crippen LogP contribution in [-0.2, 0) is 0 Å². The van der Waals surface area contributed by atoms with Crippen LogP contribution in [0.3, 0.4) is 0 Å². The zero-order valence-electron chi connectivity index (χ0n) is 12.8. The smallest absolute Gasteiger partial charge is 0.243 e. The first-order valence-corrected chi connectivity index (χ1v) is 8.05. The van der Waals surface area contributed by atoms with Gasteiger partial charge in [-0.15, -0.1) is 5.10 Å². The summed E-state index contributed by atoms with van der Waals surface area (Å²) in [5, 5.41) is 7.39. The van der Waals surface area contributed by atoms with Gasteiger partial charge in [-0.25, -0.2) is 8.91 Å². The summed E-state index contributed by atoms with van der Waals surface area (Å²) in [7, 11) is 0. The third-order valence-electron chi connectivity index (χ3n) is 3.61. The van der Waals surface area contributed by atoms with Gasteiger partial charge in [0.05, 0.1) is 6.20 Å². The summed E-state index contributed by atoms with van der Waals surface area (Å²) in [5.74, 6) is 0.269. The fourth-order valence-corrected chi connectivity index (χ4v) is 2.39. The van der Waals surface area contributed by atoms with Crippen LogP contribution in [0.1, 0.15) is 58.3 Å². The molecule has 0 fully saturated rings. The van der Waals surface area contributed by atoms with Gasteiger partial charge in [-0.05, 0) is 18.6 Å². The quantitative estimate of drug-likeness (QED) is 0.659. The number of halogens is 1. The van der Waals surface area contributed by atoms with Gasteiger partial charge in [-0.2, -0.15) is 4.98 Å². The third-order valence-corrected chi connectivity index (χ3v) is 3.61. The molecule has 0 amide bonds. The number of fused-ring (bicyclic) bond motifs is 1. The molecule has 4 nitrogen and oxygen atoms in total. The lowest BCUT2D eigenvalue weighted by Crippen LogP contribution is -2.03. The topological polar surface area (TPSA) is 42.2 Å². The Bertz CT molecular complexity index is 538. The second-order valence-electron chi connectivity index (χ2n) is 5.49. The van der Waals surface area contributed by atoms with Crippen LogP contribution in [0.25, 0.3) is 5.65 Å². The summed E-state index contributed by atoms with van der Waals surface area (Å²) in [6.07, 6.45) is 11.7. The predicted molar refractivity (Wildman–Crippen MR) is 84.0 cm³/mol. The minimum absolute atomic E-state index is 0.304. The highest BCUT2D eigenvalue weighted by Gasteiger charge is 2.03. The van der Waals surface area contributed by atoms with Crippen molar-refractivity contribution < 1.29 is 4.39 Å². The lowest BCUT2D eigenvalue weighted by Gasteiger charge is -2.02. The van der Waals surface area contributed by atoms with E-state index in [9.17, 15) is 4.39 Å². The number of aromatic nitrogens is 3. The van der Waals surface area contributed by atoms with E-state index in [0.29, 0.717) is 11.6 Å². The Labute approximate surface area is 125 Å². The fourth-order valence-electron chi connectivity index (χ4n) is 2.39. The zero-order chi connectivity index (χ0) is 14.9. The molecule has 0 saturated carbocycles. The van der Waals surface area contributed by atoms with Crippen LogP contribution in [0.15, 0.2) is 18.3 Å². The van der Waals surface area contributed by atoms with Crippen LogP contribution < -0.4 is 5.32 Å². The summed E-state index contributed by atoms with van der Waals surface area (Å²) in [4.78, 5) is 4.30. The molecule has 2 aromatic heterocycles. The zero-order valence-corrected chi connectivity index (χ0v) is 12.8.